The van der Waals surface area contributed by atoms with Gasteiger partial charge < -0.3 is 10.1 Å². The Morgan fingerprint density at radius 1 is 1.17 bits per heavy atom. The Morgan fingerprint density at radius 3 is 2.87 bits per heavy atom. The molecular weight excluding hydrogens is 378 g/mol. The van der Waals surface area contributed by atoms with Crippen molar-refractivity contribution >= 4 is 17.4 Å². The van der Waals surface area contributed by atoms with Crippen LogP contribution in [-0.2, 0) is 19.5 Å². The van der Waals surface area contributed by atoms with Gasteiger partial charge in [-0.1, -0.05) is 30.7 Å². The Hall–Kier alpha value is -3.35. The SMILES string of the molecule is COc1cccc(NC(=O)N(Cc2nc3n(n2)CCCCC3)c2ccccc2C)c1. The van der Waals surface area contributed by atoms with E-state index in [-0.39, 0.29) is 6.03 Å². The molecule has 156 valence electrons. The molecule has 0 saturated heterocycles. The first-order valence-electron chi connectivity index (χ1n) is 10.3. The molecule has 7 heteroatoms. The van der Waals surface area contributed by atoms with Crippen molar-refractivity contribution in [2.45, 2.75) is 45.7 Å². The fraction of sp³-hybridized carbons (Fsp3) is 0.348. The van der Waals surface area contributed by atoms with E-state index in [1.807, 2.05) is 54.1 Å². The summed E-state index contributed by atoms with van der Waals surface area (Å²) in [6, 6.07) is 14.9. The van der Waals surface area contributed by atoms with Crippen LogP contribution in [0, 0.1) is 6.92 Å². The van der Waals surface area contributed by atoms with Gasteiger partial charge in [0.2, 0.25) is 0 Å². The van der Waals surface area contributed by atoms with Crippen LogP contribution in [0.1, 0.15) is 36.5 Å². The third-order valence-corrected chi connectivity index (χ3v) is 5.33. The molecule has 4 rings (SSSR count). The molecule has 0 spiro atoms. The number of carbonyl (C=O) groups excluding carboxylic acids is 1. The van der Waals surface area contributed by atoms with E-state index in [0.717, 1.165) is 42.9 Å². The molecule has 0 atom stereocenters. The lowest BCUT2D eigenvalue weighted by atomic mass is 10.2. The van der Waals surface area contributed by atoms with Crippen molar-refractivity contribution in [2.75, 3.05) is 17.3 Å². The van der Waals surface area contributed by atoms with E-state index in [9.17, 15) is 4.79 Å². The molecule has 3 aromatic rings. The van der Waals surface area contributed by atoms with Crippen LogP contribution in [0.15, 0.2) is 48.5 Å². The average Bonchev–Trinajstić information content (AvgIpc) is 3.01. The van der Waals surface area contributed by atoms with Gasteiger partial charge >= 0.3 is 6.03 Å². The van der Waals surface area contributed by atoms with E-state index >= 15 is 0 Å². The lowest BCUT2D eigenvalue weighted by Gasteiger charge is -2.24. The summed E-state index contributed by atoms with van der Waals surface area (Å²) in [5.74, 6) is 2.37. The van der Waals surface area contributed by atoms with Crippen molar-refractivity contribution in [1.29, 1.82) is 0 Å². The summed E-state index contributed by atoms with van der Waals surface area (Å²) in [5.41, 5.74) is 2.52. The van der Waals surface area contributed by atoms with Gasteiger partial charge in [-0.2, -0.15) is 5.10 Å². The van der Waals surface area contributed by atoms with Gasteiger partial charge in [-0.15, -0.1) is 0 Å². The summed E-state index contributed by atoms with van der Waals surface area (Å²) >= 11 is 0. The first-order valence-corrected chi connectivity index (χ1v) is 10.3. The number of nitrogens with one attached hydrogen (secondary N) is 1. The summed E-state index contributed by atoms with van der Waals surface area (Å²) < 4.78 is 7.26. The molecule has 0 aliphatic carbocycles. The predicted molar refractivity (Wildman–Crippen MR) is 117 cm³/mol. The molecule has 0 radical (unpaired) electrons. The Bertz CT molecular complexity index is 1010. The highest BCUT2D eigenvalue weighted by Gasteiger charge is 2.22. The number of aromatic nitrogens is 3. The molecule has 0 saturated carbocycles. The summed E-state index contributed by atoms with van der Waals surface area (Å²) in [6.45, 7) is 3.19. The van der Waals surface area contributed by atoms with Crippen molar-refractivity contribution in [3.8, 4) is 5.75 Å². The molecule has 7 nitrogen and oxygen atoms in total. The number of urea groups is 1. The van der Waals surface area contributed by atoms with E-state index in [1.54, 1.807) is 18.1 Å². The molecule has 2 amide bonds. The van der Waals surface area contributed by atoms with E-state index in [0.29, 0.717) is 23.8 Å². The van der Waals surface area contributed by atoms with Crippen LogP contribution >= 0.6 is 0 Å². The minimum Gasteiger partial charge on any atom is -0.497 e. The number of carbonyl (C=O) groups is 1. The van der Waals surface area contributed by atoms with Gasteiger partial charge in [0.05, 0.1) is 13.7 Å². The molecular formula is C23H27N5O2. The van der Waals surface area contributed by atoms with Gasteiger partial charge in [0.25, 0.3) is 0 Å². The topological polar surface area (TPSA) is 72.3 Å². The van der Waals surface area contributed by atoms with Crippen LogP contribution in [0.4, 0.5) is 16.2 Å². The number of methoxy groups -OCH3 is 1. The van der Waals surface area contributed by atoms with Gasteiger partial charge in [0.15, 0.2) is 5.82 Å². The third kappa shape index (κ3) is 4.45. The maximum atomic E-state index is 13.3. The second-order valence-electron chi connectivity index (χ2n) is 7.51. The van der Waals surface area contributed by atoms with E-state index < -0.39 is 0 Å². The second kappa shape index (κ2) is 8.98. The molecule has 0 unspecified atom stereocenters. The fourth-order valence-corrected chi connectivity index (χ4v) is 3.74. The van der Waals surface area contributed by atoms with Crippen molar-refractivity contribution in [2.24, 2.45) is 0 Å². The van der Waals surface area contributed by atoms with Crippen LogP contribution < -0.4 is 15.0 Å². The lowest BCUT2D eigenvalue weighted by molar-refractivity contribution is 0.256. The highest BCUT2D eigenvalue weighted by Crippen LogP contribution is 2.24. The summed E-state index contributed by atoms with van der Waals surface area (Å²) in [7, 11) is 1.61. The average molecular weight is 406 g/mol. The minimum absolute atomic E-state index is 0.234. The maximum absolute atomic E-state index is 13.3. The number of hydrogen-bond acceptors (Lipinski definition) is 4. The number of hydrogen-bond donors (Lipinski definition) is 1. The Kier molecular flexibility index (Phi) is 5.97. The highest BCUT2D eigenvalue weighted by atomic mass is 16.5. The summed E-state index contributed by atoms with van der Waals surface area (Å²) in [5, 5.41) is 7.67. The van der Waals surface area contributed by atoms with E-state index in [2.05, 4.69) is 10.4 Å². The van der Waals surface area contributed by atoms with Gasteiger partial charge in [-0.3, -0.25) is 4.90 Å². The zero-order chi connectivity index (χ0) is 20.9. The summed E-state index contributed by atoms with van der Waals surface area (Å²) in [4.78, 5) is 19.7. The van der Waals surface area contributed by atoms with Crippen LogP contribution in [0.3, 0.4) is 0 Å². The van der Waals surface area contributed by atoms with E-state index in [4.69, 9.17) is 9.72 Å². The fourth-order valence-electron chi connectivity index (χ4n) is 3.74. The predicted octanol–water partition coefficient (Wildman–Crippen LogP) is 4.56. The lowest BCUT2D eigenvalue weighted by Crippen LogP contribution is -2.35. The number of benzene rings is 2. The number of ether oxygens (including phenoxy) is 1. The van der Waals surface area contributed by atoms with Crippen molar-refractivity contribution < 1.29 is 9.53 Å². The largest absolute Gasteiger partial charge is 0.497 e. The van der Waals surface area contributed by atoms with Gasteiger partial charge in [0.1, 0.15) is 11.6 Å². The Balaban J connectivity index is 1.61. The van der Waals surface area contributed by atoms with Crippen molar-refractivity contribution in [3.63, 3.8) is 0 Å². The molecule has 30 heavy (non-hydrogen) atoms. The number of amides is 2. The van der Waals surface area contributed by atoms with Crippen LogP contribution in [0.2, 0.25) is 0 Å². The zero-order valence-electron chi connectivity index (χ0n) is 17.5. The zero-order valence-corrected chi connectivity index (χ0v) is 17.5. The molecule has 1 aliphatic heterocycles. The number of anilines is 2. The molecule has 1 aromatic heterocycles. The number of nitrogens with zero attached hydrogens (tertiary/aromatic N) is 4. The highest BCUT2D eigenvalue weighted by molar-refractivity contribution is 6.02. The van der Waals surface area contributed by atoms with Crippen molar-refractivity contribution in [1.82, 2.24) is 14.8 Å². The smallest absolute Gasteiger partial charge is 0.326 e. The quantitative estimate of drug-likeness (QED) is 0.675. The van der Waals surface area contributed by atoms with Gasteiger partial charge in [0, 0.05) is 30.4 Å². The van der Waals surface area contributed by atoms with Gasteiger partial charge in [-0.05, 0) is 43.5 Å². The third-order valence-electron chi connectivity index (χ3n) is 5.33. The molecule has 1 N–H and O–H groups in total. The summed E-state index contributed by atoms with van der Waals surface area (Å²) in [6.07, 6.45) is 4.40. The van der Waals surface area contributed by atoms with Crippen LogP contribution in [0.25, 0.3) is 0 Å². The standard InChI is InChI=1S/C23H27N5O2/c1-17-9-5-6-12-20(17)27(23(29)24-18-10-8-11-19(15-18)30-2)16-21-25-22-13-4-3-7-14-28(22)26-21/h5-6,8-12,15H,3-4,7,13-14,16H2,1-2H3,(H,24,29). The minimum atomic E-state index is -0.234. The normalized spacial score (nSPS) is 13.3. The van der Waals surface area contributed by atoms with Gasteiger partial charge in [-0.25, -0.2) is 14.5 Å². The number of aryl methyl sites for hydroxylation is 3. The first-order chi connectivity index (χ1) is 14.6. The molecule has 2 heterocycles. The molecule has 1 aliphatic rings. The number of para-hydroxylation sites is 1. The van der Waals surface area contributed by atoms with Crippen LogP contribution in [-0.4, -0.2) is 27.9 Å². The Morgan fingerprint density at radius 2 is 2.03 bits per heavy atom. The second-order valence-corrected chi connectivity index (χ2v) is 7.51. The Labute approximate surface area is 176 Å². The number of fused-ring (bicyclic) bond motifs is 1. The molecule has 2 aromatic carbocycles. The number of rotatable bonds is 5. The monoisotopic (exact) mass is 405 g/mol. The molecule has 0 fully saturated rings. The first kappa shape index (κ1) is 19.9. The van der Waals surface area contributed by atoms with Crippen molar-refractivity contribution in [3.05, 3.63) is 65.7 Å². The van der Waals surface area contributed by atoms with Crippen LogP contribution in [0.5, 0.6) is 5.75 Å². The van der Waals surface area contributed by atoms with E-state index in [1.165, 1.54) is 6.42 Å². The maximum Gasteiger partial charge on any atom is 0.326 e. The molecule has 0 bridgehead atoms.